The third kappa shape index (κ3) is 4.00. The fraction of sp³-hybridized carbons (Fsp3) is 0. The number of hydrogen-bond donors (Lipinski definition) is 0. The minimum absolute atomic E-state index is 0.956. The molecule has 3 rings (SSSR count). The highest BCUT2D eigenvalue weighted by molar-refractivity contribution is 5.86. The van der Waals surface area contributed by atoms with Crippen LogP contribution in [0.25, 0.3) is 0 Å². The lowest BCUT2D eigenvalue weighted by Crippen LogP contribution is -1.84. The van der Waals surface area contributed by atoms with Gasteiger partial charge in [0.1, 0.15) is 0 Å². The molecule has 106 valence electrons. The molecular weight excluding hydrogens is 268 g/mol. The molecule has 0 saturated heterocycles. The van der Waals surface area contributed by atoms with E-state index in [1.165, 1.54) is 0 Å². The van der Waals surface area contributed by atoms with Crippen molar-refractivity contribution in [2.75, 3.05) is 0 Å². The van der Waals surface area contributed by atoms with Gasteiger partial charge in [-0.25, -0.2) is 0 Å². The summed E-state index contributed by atoms with van der Waals surface area (Å²) in [5.41, 5.74) is 4.05. The molecule has 0 fully saturated rings. The van der Waals surface area contributed by atoms with E-state index in [2.05, 4.69) is 9.98 Å². The Morgan fingerprint density at radius 3 is 1.18 bits per heavy atom. The first-order valence-electron chi connectivity index (χ1n) is 7.18. The molecule has 0 aliphatic heterocycles. The van der Waals surface area contributed by atoms with Crippen LogP contribution < -0.4 is 0 Å². The van der Waals surface area contributed by atoms with Crippen LogP contribution >= 0.6 is 0 Å². The number of rotatable bonds is 4. The average molecular weight is 284 g/mol. The van der Waals surface area contributed by atoms with Crippen molar-refractivity contribution >= 4 is 23.8 Å². The predicted octanol–water partition coefficient (Wildman–Crippen LogP) is 5.19. The van der Waals surface area contributed by atoms with Gasteiger partial charge >= 0.3 is 0 Å². The van der Waals surface area contributed by atoms with Crippen LogP contribution in [0.3, 0.4) is 0 Å². The van der Waals surface area contributed by atoms with Crippen LogP contribution in [0.15, 0.2) is 94.9 Å². The van der Waals surface area contributed by atoms with Gasteiger partial charge in [-0.3, -0.25) is 9.98 Å². The Morgan fingerprint density at radius 1 is 0.455 bits per heavy atom. The maximum Gasteiger partial charge on any atom is 0.0629 e. The Bertz CT molecular complexity index is 689. The van der Waals surface area contributed by atoms with Crippen LogP contribution in [-0.4, -0.2) is 12.4 Å². The van der Waals surface area contributed by atoms with Crippen molar-refractivity contribution in [3.05, 3.63) is 96.1 Å². The number of para-hydroxylation sites is 2. The number of nitrogens with zero attached hydrogens (tertiary/aromatic N) is 2. The smallest absolute Gasteiger partial charge is 0.0629 e. The van der Waals surface area contributed by atoms with E-state index in [0.29, 0.717) is 0 Å². The minimum atomic E-state index is 0.956. The van der Waals surface area contributed by atoms with Crippen molar-refractivity contribution in [2.45, 2.75) is 0 Å². The van der Waals surface area contributed by atoms with E-state index in [1.54, 1.807) is 0 Å². The van der Waals surface area contributed by atoms with Crippen LogP contribution in [-0.2, 0) is 0 Å². The molecule has 0 heterocycles. The normalized spacial score (nSPS) is 11.3. The van der Waals surface area contributed by atoms with Crippen molar-refractivity contribution in [1.82, 2.24) is 0 Å². The Labute approximate surface area is 130 Å². The second-order valence-corrected chi connectivity index (χ2v) is 4.85. The monoisotopic (exact) mass is 284 g/mol. The Morgan fingerprint density at radius 2 is 0.818 bits per heavy atom. The van der Waals surface area contributed by atoms with Crippen molar-refractivity contribution in [3.8, 4) is 0 Å². The molecule has 3 aromatic carbocycles. The van der Waals surface area contributed by atoms with Gasteiger partial charge in [-0.15, -0.1) is 0 Å². The third-order valence-electron chi connectivity index (χ3n) is 3.17. The molecule has 0 bridgehead atoms. The molecule has 0 spiro atoms. The molecule has 0 aliphatic carbocycles. The van der Waals surface area contributed by atoms with Gasteiger partial charge in [0.2, 0.25) is 0 Å². The molecule has 0 atom stereocenters. The summed E-state index contributed by atoms with van der Waals surface area (Å²) in [4.78, 5) is 8.88. The molecule has 0 saturated carbocycles. The van der Waals surface area contributed by atoms with Crippen LogP contribution in [0.2, 0.25) is 0 Å². The standard InChI is InChI=1S/C20H16N2/c1-3-7-19(8-4-1)21-15-17-11-13-18(14-12-17)16-22-20-9-5-2-6-10-20/h1-16H/b21-15+,22-16+. The molecular formula is C20H16N2. The number of benzene rings is 3. The average Bonchev–Trinajstić information content (AvgIpc) is 2.61. The first-order chi connectivity index (χ1) is 10.9. The second kappa shape index (κ2) is 7.14. The SMILES string of the molecule is C(=N\c1ccccc1)/c1ccc(/C=N/c2ccccc2)cc1. The first-order valence-corrected chi connectivity index (χ1v) is 7.18. The summed E-state index contributed by atoms with van der Waals surface area (Å²) in [5, 5.41) is 0. The largest absolute Gasteiger partial charge is 0.256 e. The molecule has 3 aromatic rings. The van der Waals surface area contributed by atoms with Gasteiger partial charge in [0.25, 0.3) is 0 Å². The lowest BCUT2D eigenvalue weighted by Gasteiger charge is -1.96. The molecule has 0 N–H and O–H groups in total. The quantitative estimate of drug-likeness (QED) is 0.589. The fourth-order valence-corrected chi connectivity index (χ4v) is 1.99. The van der Waals surface area contributed by atoms with Gasteiger partial charge in [-0.2, -0.15) is 0 Å². The molecule has 22 heavy (non-hydrogen) atoms. The molecule has 2 nitrogen and oxygen atoms in total. The summed E-state index contributed by atoms with van der Waals surface area (Å²) < 4.78 is 0. The van der Waals surface area contributed by atoms with E-state index in [4.69, 9.17) is 0 Å². The van der Waals surface area contributed by atoms with Crippen LogP contribution in [0.4, 0.5) is 11.4 Å². The van der Waals surface area contributed by atoms with Gasteiger partial charge in [0, 0.05) is 12.4 Å². The lowest BCUT2D eigenvalue weighted by molar-refractivity contribution is 1.51. The van der Waals surface area contributed by atoms with Crippen LogP contribution in [0.1, 0.15) is 11.1 Å². The molecule has 0 unspecified atom stereocenters. The summed E-state index contributed by atoms with van der Waals surface area (Å²) in [6.45, 7) is 0. The lowest BCUT2D eigenvalue weighted by atomic mass is 10.1. The summed E-state index contributed by atoms with van der Waals surface area (Å²) in [5.74, 6) is 0. The molecule has 0 aliphatic rings. The van der Waals surface area contributed by atoms with E-state index in [0.717, 1.165) is 22.5 Å². The predicted molar refractivity (Wildman–Crippen MR) is 93.8 cm³/mol. The summed E-state index contributed by atoms with van der Waals surface area (Å²) in [6, 6.07) is 28.0. The number of hydrogen-bond acceptors (Lipinski definition) is 2. The maximum absolute atomic E-state index is 4.44. The minimum Gasteiger partial charge on any atom is -0.256 e. The molecule has 2 heteroatoms. The Balaban J connectivity index is 1.68. The van der Waals surface area contributed by atoms with Crippen molar-refractivity contribution < 1.29 is 0 Å². The summed E-state index contributed by atoms with van der Waals surface area (Å²) in [7, 11) is 0. The van der Waals surface area contributed by atoms with Crippen molar-refractivity contribution in [2.24, 2.45) is 9.98 Å². The van der Waals surface area contributed by atoms with E-state index in [-0.39, 0.29) is 0 Å². The third-order valence-corrected chi connectivity index (χ3v) is 3.17. The van der Waals surface area contributed by atoms with Crippen LogP contribution in [0.5, 0.6) is 0 Å². The van der Waals surface area contributed by atoms with E-state index >= 15 is 0 Å². The highest BCUT2D eigenvalue weighted by atomic mass is 14.7. The van der Waals surface area contributed by atoms with Gasteiger partial charge in [-0.1, -0.05) is 60.7 Å². The second-order valence-electron chi connectivity index (χ2n) is 4.85. The van der Waals surface area contributed by atoms with Crippen molar-refractivity contribution in [1.29, 1.82) is 0 Å². The van der Waals surface area contributed by atoms with Crippen LogP contribution in [0, 0.1) is 0 Å². The zero-order valence-electron chi connectivity index (χ0n) is 12.1. The zero-order chi connectivity index (χ0) is 15.0. The van der Waals surface area contributed by atoms with E-state index < -0.39 is 0 Å². The highest BCUT2D eigenvalue weighted by Crippen LogP contribution is 2.11. The molecule has 0 amide bonds. The first kappa shape index (κ1) is 14.0. The van der Waals surface area contributed by atoms with E-state index in [9.17, 15) is 0 Å². The highest BCUT2D eigenvalue weighted by Gasteiger charge is 1.91. The van der Waals surface area contributed by atoms with Gasteiger partial charge in [0.05, 0.1) is 11.4 Å². The summed E-state index contributed by atoms with van der Waals surface area (Å²) in [6.07, 6.45) is 3.74. The fourth-order valence-electron chi connectivity index (χ4n) is 1.99. The summed E-state index contributed by atoms with van der Waals surface area (Å²) >= 11 is 0. The van der Waals surface area contributed by atoms with Gasteiger partial charge in [0.15, 0.2) is 0 Å². The van der Waals surface area contributed by atoms with Gasteiger partial charge in [-0.05, 0) is 35.4 Å². The van der Waals surface area contributed by atoms with Gasteiger partial charge < -0.3 is 0 Å². The zero-order valence-corrected chi connectivity index (χ0v) is 12.1. The maximum atomic E-state index is 4.44. The van der Waals surface area contributed by atoms with E-state index in [1.807, 2.05) is 97.4 Å². The topological polar surface area (TPSA) is 24.7 Å². The molecule has 0 radical (unpaired) electrons. The molecule has 0 aromatic heterocycles. The Hall–Kier alpha value is -3.00. The Kier molecular flexibility index (Phi) is 4.53. The number of aliphatic imine (C=N–C) groups is 2. The van der Waals surface area contributed by atoms with Crippen molar-refractivity contribution in [3.63, 3.8) is 0 Å².